The number of esters is 1. The number of methoxy groups -OCH3 is 1. The van der Waals surface area contributed by atoms with Crippen LogP contribution < -0.4 is 5.73 Å². The number of amides is 1. The van der Waals surface area contributed by atoms with E-state index in [1.54, 1.807) is 20.8 Å². The number of carbonyl (C=O) groups is 3. The number of alkyl halides is 3. The van der Waals surface area contributed by atoms with E-state index in [-0.39, 0.29) is 55.8 Å². The molecule has 0 saturated heterocycles. The number of halogens is 6. The Kier molecular flexibility index (Phi) is 14.5. The molecule has 0 fully saturated rings. The maximum atomic E-state index is 13.7. The van der Waals surface area contributed by atoms with Gasteiger partial charge in [0.1, 0.15) is 5.82 Å². The lowest BCUT2D eigenvalue weighted by Gasteiger charge is -2.30. The molecule has 2 atom stereocenters. The number of imidazole rings is 1. The molecule has 42 heavy (non-hydrogen) atoms. The zero-order valence-corrected chi connectivity index (χ0v) is 23.7. The molecule has 1 aromatic heterocycles. The minimum atomic E-state index is -4.58. The van der Waals surface area contributed by atoms with Gasteiger partial charge in [-0.25, -0.2) is 18.2 Å². The van der Waals surface area contributed by atoms with E-state index < -0.39 is 47.7 Å². The largest absolute Gasteiger partial charge is 0.465 e. The van der Waals surface area contributed by atoms with Crippen LogP contribution in [-0.4, -0.2) is 64.9 Å². The van der Waals surface area contributed by atoms with Gasteiger partial charge in [-0.2, -0.15) is 13.2 Å². The summed E-state index contributed by atoms with van der Waals surface area (Å²) < 4.78 is 93.0. The van der Waals surface area contributed by atoms with Crippen molar-refractivity contribution in [1.29, 1.82) is 0 Å². The highest BCUT2D eigenvalue weighted by Crippen LogP contribution is 2.30. The van der Waals surface area contributed by atoms with Crippen molar-refractivity contribution >= 4 is 18.3 Å². The fraction of sp³-hybridized carbons (Fsp3) is 0.538. The lowest BCUT2D eigenvalue weighted by Crippen LogP contribution is -2.41. The van der Waals surface area contributed by atoms with Crippen molar-refractivity contribution in [2.45, 2.75) is 78.2 Å². The van der Waals surface area contributed by atoms with Gasteiger partial charge in [-0.15, -0.1) is 0 Å². The van der Waals surface area contributed by atoms with Crippen molar-refractivity contribution in [1.82, 2.24) is 14.5 Å². The summed E-state index contributed by atoms with van der Waals surface area (Å²) in [6.07, 6.45) is -4.33. The standard InChI is InChI=1S/C17H16F6N4O.C5H10O3.C4H8O2/c18-12-6-14(20)13(19)4-9(12)3-10(24)5-15(28)26-1-2-27-11(8-26)7-25-16(27)17(21,22)23;1-4(6)8-5(2)7-3;1-4(2)6-3-5/h4,6-7,10H,1-3,5,8,24H2;5H,1-3H3;3-4H,1-2H3. The normalized spacial score (nSPS) is 14.0. The fourth-order valence-corrected chi connectivity index (χ4v) is 3.54. The Hall–Kier alpha value is -3.66. The number of hydrogen-bond donors (Lipinski definition) is 1. The molecular weight excluding hydrogens is 578 g/mol. The highest BCUT2D eigenvalue weighted by atomic mass is 19.4. The van der Waals surface area contributed by atoms with Crippen LogP contribution in [0.1, 0.15) is 51.2 Å². The SMILES string of the molecule is CC(C)OC=O.COC(C)OC(C)=O.NC(CC(=O)N1CCn2c(cnc2C(F)(F)F)C1)Cc1cc(F)c(F)cc1F. The molecule has 0 radical (unpaired) electrons. The maximum Gasteiger partial charge on any atom is 0.449 e. The van der Waals surface area contributed by atoms with Crippen molar-refractivity contribution in [2.24, 2.45) is 5.73 Å². The Morgan fingerprint density at radius 2 is 1.71 bits per heavy atom. The van der Waals surface area contributed by atoms with Gasteiger partial charge in [0, 0.05) is 45.7 Å². The van der Waals surface area contributed by atoms with Crippen LogP contribution in [0.15, 0.2) is 18.3 Å². The summed E-state index contributed by atoms with van der Waals surface area (Å²) in [6, 6.07) is 0.223. The summed E-state index contributed by atoms with van der Waals surface area (Å²) in [6.45, 7) is 6.96. The van der Waals surface area contributed by atoms with Crippen molar-refractivity contribution in [3.8, 4) is 0 Å². The second-order valence-electron chi connectivity index (χ2n) is 9.26. The molecule has 16 heteroatoms. The Bertz CT molecular complexity index is 1190. The third-order valence-electron chi connectivity index (χ3n) is 5.49. The number of hydrogen-bond acceptors (Lipinski definition) is 8. The average Bonchev–Trinajstić information content (AvgIpc) is 3.31. The van der Waals surface area contributed by atoms with Gasteiger partial charge in [-0.05, 0) is 38.8 Å². The third-order valence-corrected chi connectivity index (χ3v) is 5.49. The van der Waals surface area contributed by atoms with E-state index in [0.29, 0.717) is 18.6 Å². The van der Waals surface area contributed by atoms with Gasteiger partial charge in [0.05, 0.1) is 24.5 Å². The molecular formula is C26H34F6N4O6. The van der Waals surface area contributed by atoms with E-state index in [9.17, 15) is 40.7 Å². The quantitative estimate of drug-likeness (QED) is 0.157. The molecule has 1 aromatic carbocycles. The van der Waals surface area contributed by atoms with E-state index >= 15 is 0 Å². The first kappa shape index (κ1) is 36.4. The molecule has 0 spiro atoms. The molecule has 3 rings (SSSR count). The summed E-state index contributed by atoms with van der Waals surface area (Å²) in [5.41, 5.74) is 5.91. The number of nitrogens with zero attached hydrogens (tertiary/aromatic N) is 3. The van der Waals surface area contributed by atoms with Gasteiger partial charge in [0.25, 0.3) is 6.47 Å². The zero-order chi connectivity index (χ0) is 32.2. The first-order chi connectivity index (χ1) is 19.5. The second kappa shape index (κ2) is 16.7. The molecule has 2 aromatic rings. The third kappa shape index (κ3) is 12.1. The number of nitrogens with two attached hydrogens (primary N) is 1. The van der Waals surface area contributed by atoms with Crippen molar-refractivity contribution in [2.75, 3.05) is 13.7 Å². The van der Waals surface area contributed by atoms with E-state index in [0.717, 1.165) is 10.8 Å². The first-order valence-electron chi connectivity index (χ1n) is 12.6. The van der Waals surface area contributed by atoms with Crippen molar-refractivity contribution in [3.63, 3.8) is 0 Å². The van der Waals surface area contributed by atoms with E-state index in [2.05, 4.69) is 19.2 Å². The van der Waals surface area contributed by atoms with E-state index in [1.165, 1.54) is 18.9 Å². The van der Waals surface area contributed by atoms with Crippen LogP contribution >= 0.6 is 0 Å². The predicted molar refractivity (Wildman–Crippen MR) is 136 cm³/mol. The van der Waals surface area contributed by atoms with Gasteiger partial charge in [0.15, 0.2) is 17.9 Å². The van der Waals surface area contributed by atoms with Gasteiger partial charge in [-0.3, -0.25) is 14.4 Å². The number of fused-ring (bicyclic) bond motifs is 1. The summed E-state index contributed by atoms with van der Waals surface area (Å²) >= 11 is 0. The Balaban J connectivity index is 0.000000522. The summed E-state index contributed by atoms with van der Waals surface area (Å²) in [5, 5.41) is 0. The first-order valence-corrected chi connectivity index (χ1v) is 12.6. The molecule has 2 heterocycles. The van der Waals surface area contributed by atoms with Crippen LogP contribution in [-0.2, 0) is 54.3 Å². The zero-order valence-electron chi connectivity index (χ0n) is 23.7. The molecule has 1 aliphatic rings. The Morgan fingerprint density at radius 1 is 1.10 bits per heavy atom. The van der Waals surface area contributed by atoms with Crippen molar-refractivity contribution in [3.05, 3.63) is 52.9 Å². The lowest BCUT2D eigenvalue weighted by atomic mass is 10.0. The highest BCUT2D eigenvalue weighted by molar-refractivity contribution is 5.77. The number of rotatable bonds is 8. The molecule has 10 nitrogen and oxygen atoms in total. The van der Waals surface area contributed by atoms with E-state index in [1.807, 2.05) is 0 Å². The summed E-state index contributed by atoms with van der Waals surface area (Å²) in [5.74, 6) is -5.28. The second-order valence-corrected chi connectivity index (χ2v) is 9.26. The molecule has 0 saturated carbocycles. The number of benzene rings is 1. The monoisotopic (exact) mass is 612 g/mol. The minimum absolute atomic E-state index is 0.0301. The van der Waals surface area contributed by atoms with Crippen LogP contribution in [0.25, 0.3) is 0 Å². The van der Waals surface area contributed by atoms with Gasteiger partial charge in [-0.1, -0.05) is 0 Å². The van der Waals surface area contributed by atoms with Crippen LogP contribution in [0.3, 0.4) is 0 Å². The van der Waals surface area contributed by atoms with Crippen LogP contribution in [0.4, 0.5) is 26.3 Å². The molecule has 2 unspecified atom stereocenters. The van der Waals surface area contributed by atoms with Crippen LogP contribution in [0.2, 0.25) is 0 Å². The molecule has 1 aliphatic heterocycles. The Morgan fingerprint density at radius 3 is 2.19 bits per heavy atom. The summed E-state index contributed by atoms with van der Waals surface area (Å²) in [4.78, 5) is 36.6. The van der Waals surface area contributed by atoms with Crippen LogP contribution in [0, 0.1) is 17.5 Å². The maximum absolute atomic E-state index is 13.7. The van der Waals surface area contributed by atoms with Crippen LogP contribution in [0.5, 0.6) is 0 Å². The minimum Gasteiger partial charge on any atom is -0.465 e. The number of ether oxygens (including phenoxy) is 3. The lowest BCUT2D eigenvalue weighted by molar-refractivity contribution is -0.167. The molecule has 2 N–H and O–H groups in total. The Labute approximate surface area is 238 Å². The number of aromatic nitrogens is 2. The topological polar surface area (TPSA) is 126 Å². The fourth-order valence-electron chi connectivity index (χ4n) is 3.54. The molecule has 0 bridgehead atoms. The number of carbonyl (C=O) groups excluding carboxylic acids is 3. The van der Waals surface area contributed by atoms with Crippen molar-refractivity contribution < 1.29 is 54.9 Å². The summed E-state index contributed by atoms with van der Waals surface area (Å²) in [7, 11) is 1.48. The van der Waals surface area contributed by atoms with Gasteiger partial charge >= 0.3 is 12.1 Å². The van der Waals surface area contributed by atoms with E-state index in [4.69, 9.17) is 5.73 Å². The average molecular weight is 613 g/mol. The van der Waals surface area contributed by atoms with Gasteiger partial charge in [0.2, 0.25) is 11.7 Å². The smallest absolute Gasteiger partial charge is 0.449 e. The highest BCUT2D eigenvalue weighted by Gasteiger charge is 2.38. The van der Waals surface area contributed by atoms with Gasteiger partial charge < -0.3 is 29.4 Å². The predicted octanol–water partition coefficient (Wildman–Crippen LogP) is 3.73. The molecule has 1 amide bonds. The molecule has 0 aliphatic carbocycles. The molecule has 236 valence electrons.